The van der Waals surface area contributed by atoms with Gasteiger partial charge in [-0.25, -0.2) is 4.39 Å². The van der Waals surface area contributed by atoms with E-state index < -0.39 is 0 Å². The molecule has 0 aliphatic carbocycles. The summed E-state index contributed by atoms with van der Waals surface area (Å²) < 4.78 is 13.0. The van der Waals surface area contributed by atoms with Crippen molar-refractivity contribution in [1.29, 1.82) is 0 Å². The molecule has 3 heteroatoms. The Balaban J connectivity index is 2.62. The van der Waals surface area contributed by atoms with E-state index in [1.807, 2.05) is 13.8 Å². The van der Waals surface area contributed by atoms with Crippen LogP contribution in [0.25, 0.3) is 0 Å². The predicted molar refractivity (Wildman–Crippen MR) is 63.0 cm³/mol. The van der Waals surface area contributed by atoms with Gasteiger partial charge in [0.05, 0.1) is 0 Å². The molecule has 1 rings (SSSR count). The molecule has 0 radical (unpaired) electrons. The highest BCUT2D eigenvalue weighted by atomic mass is 19.1. The van der Waals surface area contributed by atoms with Crippen molar-refractivity contribution >= 4 is 5.78 Å². The minimum Gasteiger partial charge on any atom is -0.328 e. The van der Waals surface area contributed by atoms with E-state index >= 15 is 0 Å². The maximum atomic E-state index is 13.0. The Morgan fingerprint density at radius 3 is 2.81 bits per heavy atom. The van der Waals surface area contributed by atoms with E-state index in [4.69, 9.17) is 5.73 Å². The zero-order chi connectivity index (χ0) is 12.1. The molecule has 0 saturated heterocycles. The SMILES string of the molecule is Cc1ccc(F)cc1C(=O)CCCC(C)N. The van der Waals surface area contributed by atoms with Gasteiger partial charge in [0.15, 0.2) is 5.78 Å². The second-order valence-corrected chi connectivity index (χ2v) is 4.25. The van der Waals surface area contributed by atoms with Gasteiger partial charge in [0.2, 0.25) is 0 Å². The van der Waals surface area contributed by atoms with Crippen molar-refractivity contribution in [3.8, 4) is 0 Å². The van der Waals surface area contributed by atoms with Crippen molar-refractivity contribution in [2.45, 2.75) is 39.2 Å². The Kier molecular flexibility index (Phi) is 4.62. The number of nitrogens with two attached hydrogens (primary N) is 1. The van der Waals surface area contributed by atoms with E-state index in [1.165, 1.54) is 12.1 Å². The normalized spacial score (nSPS) is 12.5. The summed E-state index contributed by atoms with van der Waals surface area (Å²) in [6.45, 7) is 3.73. The molecule has 2 N–H and O–H groups in total. The van der Waals surface area contributed by atoms with Crippen LogP contribution in [0.3, 0.4) is 0 Å². The van der Waals surface area contributed by atoms with Crippen LogP contribution in [0.15, 0.2) is 18.2 Å². The fourth-order valence-corrected chi connectivity index (χ4v) is 1.61. The zero-order valence-electron chi connectivity index (χ0n) is 9.79. The van der Waals surface area contributed by atoms with Gasteiger partial charge in [-0.2, -0.15) is 0 Å². The Morgan fingerprint density at radius 1 is 1.50 bits per heavy atom. The van der Waals surface area contributed by atoms with E-state index in [-0.39, 0.29) is 17.6 Å². The van der Waals surface area contributed by atoms with E-state index in [0.717, 1.165) is 18.4 Å². The summed E-state index contributed by atoms with van der Waals surface area (Å²) >= 11 is 0. The van der Waals surface area contributed by atoms with Gasteiger partial charge in [-0.1, -0.05) is 6.07 Å². The van der Waals surface area contributed by atoms with Crippen LogP contribution in [0, 0.1) is 12.7 Å². The Bertz CT molecular complexity index is 374. The highest BCUT2D eigenvalue weighted by Gasteiger charge is 2.10. The summed E-state index contributed by atoms with van der Waals surface area (Å²) in [5, 5.41) is 0. The first-order chi connectivity index (χ1) is 7.50. The number of halogens is 1. The van der Waals surface area contributed by atoms with Gasteiger partial charge in [0, 0.05) is 18.0 Å². The molecule has 0 saturated carbocycles. The molecule has 1 unspecified atom stereocenters. The largest absolute Gasteiger partial charge is 0.328 e. The molecule has 2 nitrogen and oxygen atoms in total. The van der Waals surface area contributed by atoms with Gasteiger partial charge in [-0.15, -0.1) is 0 Å². The second-order valence-electron chi connectivity index (χ2n) is 4.25. The van der Waals surface area contributed by atoms with E-state index in [1.54, 1.807) is 6.07 Å². The fraction of sp³-hybridized carbons (Fsp3) is 0.462. The molecular weight excluding hydrogens is 205 g/mol. The minimum atomic E-state index is -0.360. The van der Waals surface area contributed by atoms with Gasteiger partial charge < -0.3 is 5.73 Å². The molecule has 0 spiro atoms. The second kappa shape index (κ2) is 5.75. The summed E-state index contributed by atoms with van der Waals surface area (Å²) in [5.74, 6) is -0.362. The third kappa shape index (κ3) is 3.74. The summed E-state index contributed by atoms with van der Waals surface area (Å²) in [6.07, 6.45) is 2.01. The molecule has 0 aromatic heterocycles. The van der Waals surface area contributed by atoms with Gasteiger partial charge in [-0.05, 0) is 44.4 Å². The van der Waals surface area contributed by atoms with Crippen LogP contribution in [-0.2, 0) is 0 Å². The quantitative estimate of drug-likeness (QED) is 0.780. The first kappa shape index (κ1) is 12.8. The summed E-state index contributed by atoms with van der Waals surface area (Å²) in [4.78, 5) is 11.8. The first-order valence-corrected chi connectivity index (χ1v) is 5.55. The molecule has 1 atom stereocenters. The molecule has 0 amide bonds. The number of Topliss-reactive ketones (excluding diaryl/α,β-unsaturated/α-hetero) is 1. The third-order valence-electron chi connectivity index (χ3n) is 2.56. The molecule has 88 valence electrons. The highest BCUT2D eigenvalue weighted by Crippen LogP contribution is 2.14. The van der Waals surface area contributed by atoms with Crippen molar-refractivity contribution in [2.24, 2.45) is 5.73 Å². The lowest BCUT2D eigenvalue weighted by molar-refractivity contribution is 0.0978. The van der Waals surface area contributed by atoms with Crippen molar-refractivity contribution in [1.82, 2.24) is 0 Å². The number of carbonyl (C=O) groups is 1. The van der Waals surface area contributed by atoms with Crippen LogP contribution < -0.4 is 5.73 Å². The smallest absolute Gasteiger partial charge is 0.163 e. The molecule has 1 aromatic rings. The molecule has 0 aliphatic rings. The minimum absolute atomic E-state index is 0.00218. The van der Waals surface area contributed by atoms with Crippen LogP contribution >= 0.6 is 0 Å². The molecular formula is C13H18FNO. The zero-order valence-corrected chi connectivity index (χ0v) is 9.79. The van der Waals surface area contributed by atoms with Gasteiger partial charge >= 0.3 is 0 Å². The summed E-state index contributed by atoms with van der Waals surface area (Å²) in [6, 6.07) is 4.42. The van der Waals surface area contributed by atoms with Crippen LogP contribution in [0.1, 0.15) is 42.1 Å². The van der Waals surface area contributed by atoms with Crippen LogP contribution in [0.5, 0.6) is 0 Å². The monoisotopic (exact) mass is 223 g/mol. The lowest BCUT2D eigenvalue weighted by Crippen LogP contribution is -2.15. The van der Waals surface area contributed by atoms with Crippen molar-refractivity contribution in [3.05, 3.63) is 35.1 Å². The lowest BCUT2D eigenvalue weighted by atomic mass is 10.00. The molecule has 0 heterocycles. The number of rotatable bonds is 5. The van der Waals surface area contributed by atoms with Crippen molar-refractivity contribution in [3.63, 3.8) is 0 Å². The molecule has 0 fully saturated rings. The van der Waals surface area contributed by atoms with E-state index in [2.05, 4.69) is 0 Å². The van der Waals surface area contributed by atoms with Gasteiger partial charge in [-0.3, -0.25) is 4.79 Å². The number of aryl methyl sites for hydroxylation is 1. The third-order valence-corrected chi connectivity index (χ3v) is 2.56. The Hall–Kier alpha value is -1.22. The van der Waals surface area contributed by atoms with Crippen LogP contribution in [0.2, 0.25) is 0 Å². The van der Waals surface area contributed by atoms with E-state index in [0.29, 0.717) is 12.0 Å². The maximum absolute atomic E-state index is 13.0. The fourth-order valence-electron chi connectivity index (χ4n) is 1.61. The Morgan fingerprint density at radius 2 is 2.19 bits per heavy atom. The maximum Gasteiger partial charge on any atom is 0.163 e. The molecule has 0 bridgehead atoms. The van der Waals surface area contributed by atoms with Gasteiger partial charge in [0.25, 0.3) is 0 Å². The number of hydrogen-bond donors (Lipinski definition) is 1. The Labute approximate surface area is 95.7 Å². The number of carbonyl (C=O) groups excluding carboxylic acids is 1. The average Bonchev–Trinajstić information content (AvgIpc) is 2.21. The van der Waals surface area contributed by atoms with Crippen LogP contribution in [0.4, 0.5) is 4.39 Å². The average molecular weight is 223 g/mol. The van der Waals surface area contributed by atoms with Gasteiger partial charge in [0.1, 0.15) is 5.82 Å². The lowest BCUT2D eigenvalue weighted by Gasteiger charge is -2.06. The van der Waals surface area contributed by atoms with Crippen LogP contribution in [-0.4, -0.2) is 11.8 Å². The predicted octanol–water partition coefficient (Wildman–Crippen LogP) is 2.83. The molecule has 1 aromatic carbocycles. The number of hydrogen-bond acceptors (Lipinski definition) is 2. The van der Waals surface area contributed by atoms with Crippen molar-refractivity contribution < 1.29 is 9.18 Å². The summed E-state index contributed by atoms with van der Waals surface area (Å²) in [7, 11) is 0. The topological polar surface area (TPSA) is 43.1 Å². The first-order valence-electron chi connectivity index (χ1n) is 5.55. The highest BCUT2D eigenvalue weighted by molar-refractivity contribution is 5.97. The standard InChI is InChI=1S/C13H18FNO/c1-9-6-7-11(14)8-12(9)13(16)5-3-4-10(2)15/h6-8,10H,3-5,15H2,1-2H3. The van der Waals surface area contributed by atoms with Crippen molar-refractivity contribution in [2.75, 3.05) is 0 Å². The molecule has 0 aliphatic heterocycles. The van der Waals surface area contributed by atoms with E-state index in [9.17, 15) is 9.18 Å². The summed E-state index contributed by atoms with van der Waals surface area (Å²) in [5.41, 5.74) is 6.92. The number of ketones is 1. The molecule has 16 heavy (non-hydrogen) atoms. The number of benzene rings is 1.